The number of carbonyl (C=O) groups is 1. The lowest BCUT2D eigenvalue weighted by molar-refractivity contribution is -0.141. The first-order chi connectivity index (χ1) is 19.0. The van der Waals surface area contributed by atoms with E-state index < -0.39 is 23.9 Å². The highest BCUT2D eigenvalue weighted by Crippen LogP contribution is 2.54. The van der Waals surface area contributed by atoms with Crippen molar-refractivity contribution < 1.29 is 28.8 Å². The Bertz CT molecular complexity index is 1780. The molecule has 0 spiro atoms. The SMILES string of the molecule is COc1cc([C@@H]2c3cc4nc5cc6ccccc6cc5nc4cc3[C@H](O)[C@H]3COC(=O)[C@H]23)cc(OC)c1OC. The van der Waals surface area contributed by atoms with Crippen LogP contribution in [0.1, 0.15) is 28.7 Å². The first kappa shape index (κ1) is 23.7. The third-order valence-electron chi connectivity index (χ3n) is 8.12. The Kier molecular flexibility index (Phi) is 5.35. The van der Waals surface area contributed by atoms with Gasteiger partial charge in [-0.3, -0.25) is 4.79 Å². The van der Waals surface area contributed by atoms with Gasteiger partial charge in [0, 0.05) is 11.8 Å². The molecule has 196 valence electrons. The van der Waals surface area contributed by atoms with Gasteiger partial charge in [0.1, 0.15) is 0 Å². The largest absolute Gasteiger partial charge is 0.493 e. The van der Waals surface area contributed by atoms with Crippen LogP contribution in [0.5, 0.6) is 17.2 Å². The predicted molar refractivity (Wildman–Crippen MR) is 145 cm³/mol. The molecule has 1 fully saturated rings. The van der Waals surface area contributed by atoms with Crippen LogP contribution in [0.15, 0.2) is 60.7 Å². The van der Waals surface area contributed by atoms with E-state index in [0.717, 1.165) is 38.5 Å². The average Bonchev–Trinajstić information content (AvgIpc) is 3.34. The van der Waals surface area contributed by atoms with Gasteiger partial charge in [-0.1, -0.05) is 24.3 Å². The molecular weight excluding hydrogens is 496 g/mol. The number of nitrogens with zero attached hydrogens (tertiary/aromatic N) is 2. The third-order valence-corrected chi connectivity index (χ3v) is 8.12. The van der Waals surface area contributed by atoms with Crippen molar-refractivity contribution in [2.75, 3.05) is 27.9 Å². The Hall–Kier alpha value is -4.43. The summed E-state index contributed by atoms with van der Waals surface area (Å²) in [6, 6.07) is 19.7. The molecule has 39 heavy (non-hydrogen) atoms. The minimum Gasteiger partial charge on any atom is -0.493 e. The van der Waals surface area contributed by atoms with Crippen LogP contribution in [0, 0.1) is 11.8 Å². The average molecular weight is 523 g/mol. The van der Waals surface area contributed by atoms with Crippen molar-refractivity contribution >= 4 is 38.8 Å². The normalized spacial score (nSPS) is 22.0. The summed E-state index contributed by atoms with van der Waals surface area (Å²) in [7, 11) is 4.67. The topological polar surface area (TPSA) is 100 Å². The van der Waals surface area contributed by atoms with Crippen LogP contribution in [0.2, 0.25) is 0 Å². The van der Waals surface area contributed by atoms with Gasteiger partial charge in [-0.05, 0) is 63.9 Å². The number of carbonyl (C=O) groups excluding carboxylic acids is 1. The third kappa shape index (κ3) is 3.51. The number of hydrogen-bond acceptors (Lipinski definition) is 8. The standard InChI is InChI=1S/C31H26N2O6/c1-36-25-10-17(11-26(37-2)30(25)38-3)27-18-12-23-24(13-19(18)29(34)20-14-39-31(35)28(20)27)33-22-9-16-7-5-4-6-15(16)8-21(22)32-23/h4-13,20,27-29,34H,14H2,1-3H3/t20-,27+,28-,29-/m0/s1. The molecule has 2 aliphatic rings. The zero-order chi connectivity index (χ0) is 26.8. The van der Waals surface area contributed by atoms with E-state index in [1.807, 2.05) is 48.5 Å². The second-order valence-corrected chi connectivity index (χ2v) is 10.1. The summed E-state index contributed by atoms with van der Waals surface area (Å²) in [5.74, 6) is -0.292. The van der Waals surface area contributed by atoms with Crippen molar-refractivity contribution in [1.82, 2.24) is 9.97 Å². The summed E-state index contributed by atoms with van der Waals surface area (Å²) in [5.41, 5.74) is 5.25. The maximum absolute atomic E-state index is 13.1. The summed E-state index contributed by atoms with van der Waals surface area (Å²) in [6.45, 7) is 0.151. The van der Waals surface area contributed by atoms with E-state index >= 15 is 0 Å². The van der Waals surface area contributed by atoms with Gasteiger partial charge < -0.3 is 24.1 Å². The van der Waals surface area contributed by atoms with Gasteiger partial charge in [-0.15, -0.1) is 0 Å². The fraction of sp³-hybridized carbons (Fsp3) is 0.258. The summed E-state index contributed by atoms with van der Waals surface area (Å²) < 4.78 is 22.3. The molecule has 5 aromatic rings. The van der Waals surface area contributed by atoms with Crippen LogP contribution in [-0.4, -0.2) is 49.0 Å². The van der Waals surface area contributed by atoms with Gasteiger partial charge in [0.15, 0.2) is 11.5 Å². The van der Waals surface area contributed by atoms with Crippen molar-refractivity contribution in [3.05, 3.63) is 77.4 Å². The molecule has 4 aromatic carbocycles. The first-order valence-electron chi connectivity index (χ1n) is 12.8. The molecule has 0 bridgehead atoms. The van der Waals surface area contributed by atoms with Gasteiger partial charge in [0.2, 0.25) is 5.75 Å². The Morgan fingerprint density at radius 2 is 1.36 bits per heavy atom. The lowest BCUT2D eigenvalue weighted by atomic mass is 9.66. The van der Waals surface area contributed by atoms with Crippen molar-refractivity contribution in [1.29, 1.82) is 0 Å². The molecule has 8 nitrogen and oxygen atoms in total. The number of benzene rings is 4. The molecule has 1 aliphatic heterocycles. The van der Waals surface area contributed by atoms with Crippen LogP contribution in [0.4, 0.5) is 0 Å². The van der Waals surface area contributed by atoms with Gasteiger partial charge >= 0.3 is 5.97 Å². The number of aliphatic hydroxyl groups is 1. The van der Waals surface area contributed by atoms with E-state index in [9.17, 15) is 9.90 Å². The predicted octanol–water partition coefficient (Wildman–Crippen LogP) is 4.93. The van der Waals surface area contributed by atoms with E-state index in [2.05, 4.69) is 12.1 Å². The Morgan fingerprint density at radius 3 is 1.92 bits per heavy atom. The molecule has 1 N–H and O–H groups in total. The smallest absolute Gasteiger partial charge is 0.310 e. The van der Waals surface area contributed by atoms with E-state index in [1.165, 1.54) is 0 Å². The monoisotopic (exact) mass is 522 g/mol. The van der Waals surface area contributed by atoms with Gasteiger partial charge in [-0.2, -0.15) is 0 Å². The van der Waals surface area contributed by atoms with E-state index in [4.69, 9.17) is 28.9 Å². The highest BCUT2D eigenvalue weighted by molar-refractivity contribution is 5.97. The first-order valence-corrected chi connectivity index (χ1v) is 12.8. The van der Waals surface area contributed by atoms with Gasteiger partial charge in [0.05, 0.1) is 62.0 Å². The Labute approximate surface area is 224 Å². The summed E-state index contributed by atoms with van der Waals surface area (Å²) >= 11 is 0. The summed E-state index contributed by atoms with van der Waals surface area (Å²) in [4.78, 5) is 23.0. The molecule has 0 saturated carbocycles. The number of hydrogen-bond donors (Lipinski definition) is 1. The fourth-order valence-electron chi connectivity index (χ4n) is 6.28. The number of aliphatic hydroxyl groups excluding tert-OH is 1. The Morgan fingerprint density at radius 1 is 0.795 bits per heavy atom. The van der Waals surface area contributed by atoms with Crippen LogP contribution in [-0.2, 0) is 9.53 Å². The molecule has 1 saturated heterocycles. The molecule has 0 unspecified atom stereocenters. The van der Waals surface area contributed by atoms with Crippen molar-refractivity contribution in [3.63, 3.8) is 0 Å². The molecule has 2 heterocycles. The zero-order valence-corrected chi connectivity index (χ0v) is 21.7. The van der Waals surface area contributed by atoms with E-state index in [0.29, 0.717) is 28.3 Å². The number of aromatic nitrogens is 2. The molecule has 0 radical (unpaired) electrons. The van der Waals surface area contributed by atoms with E-state index in [-0.39, 0.29) is 12.6 Å². The van der Waals surface area contributed by atoms with Crippen molar-refractivity contribution in [2.45, 2.75) is 12.0 Å². The van der Waals surface area contributed by atoms with Gasteiger partial charge in [-0.25, -0.2) is 9.97 Å². The van der Waals surface area contributed by atoms with Crippen LogP contribution >= 0.6 is 0 Å². The maximum atomic E-state index is 13.1. The lowest BCUT2D eigenvalue weighted by Gasteiger charge is -2.37. The number of cyclic esters (lactones) is 1. The quantitative estimate of drug-likeness (QED) is 0.262. The number of fused-ring (bicyclic) bond motifs is 5. The van der Waals surface area contributed by atoms with Crippen molar-refractivity contribution in [2.24, 2.45) is 11.8 Å². The zero-order valence-electron chi connectivity index (χ0n) is 21.7. The van der Waals surface area contributed by atoms with Crippen molar-refractivity contribution in [3.8, 4) is 17.2 Å². The summed E-state index contributed by atoms with van der Waals surface area (Å²) in [6.07, 6.45) is -0.881. The highest BCUT2D eigenvalue weighted by Gasteiger charge is 2.52. The Balaban J connectivity index is 1.49. The lowest BCUT2D eigenvalue weighted by Crippen LogP contribution is -2.34. The second-order valence-electron chi connectivity index (χ2n) is 10.1. The molecule has 1 aliphatic carbocycles. The number of methoxy groups -OCH3 is 3. The molecule has 7 rings (SSSR count). The summed E-state index contributed by atoms with van der Waals surface area (Å²) in [5, 5.41) is 13.6. The minimum absolute atomic E-state index is 0.151. The van der Waals surface area contributed by atoms with Crippen LogP contribution in [0.25, 0.3) is 32.8 Å². The molecule has 1 aromatic heterocycles. The second kappa shape index (κ2) is 8.81. The van der Waals surface area contributed by atoms with Crippen LogP contribution in [0.3, 0.4) is 0 Å². The number of esters is 1. The molecule has 0 amide bonds. The molecule has 8 heteroatoms. The molecular formula is C31H26N2O6. The molecule has 4 atom stereocenters. The maximum Gasteiger partial charge on any atom is 0.310 e. The number of rotatable bonds is 4. The highest BCUT2D eigenvalue weighted by atomic mass is 16.5. The minimum atomic E-state index is -0.881. The van der Waals surface area contributed by atoms with E-state index in [1.54, 1.807) is 21.3 Å². The van der Waals surface area contributed by atoms with Crippen LogP contribution < -0.4 is 14.2 Å². The van der Waals surface area contributed by atoms with Gasteiger partial charge in [0.25, 0.3) is 0 Å². The fourth-order valence-corrected chi connectivity index (χ4v) is 6.28. The number of ether oxygens (including phenoxy) is 4.